The van der Waals surface area contributed by atoms with Crippen LogP contribution in [0.4, 0.5) is 0 Å². The molecule has 1 unspecified atom stereocenters. The second-order valence-corrected chi connectivity index (χ2v) is 4.59. The lowest BCUT2D eigenvalue weighted by Crippen LogP contribution is -2.32. The van der Waals surface area contributed by atoms with E-state index in [2.05, 4.69) is 29.8 Å². The van der Waals surface area contributed by atoms with E-state index in [0.29, 0.717) is 12.5 Å². The molecule has 0 fully saturated rings. The van der Waals surface area contributed by atoms with Crippen LogP contribution in [0.25, 0.3) is 0 Å². The lowest BCUT2D eigenvalue weighted by atomic mass is 10.1. The van der Waals surface area contributed by atoms with E-state index in [9.17, 15) is 0 Å². The van der Waals surface area contributed by atoms with Crippen molar-refractivity contribution in [3.05, 3.63) is 28.7 Å². The zero-order valence-electron chi connectivity index (χ0n) is 8.53. The van der Waals surface area contributed by atoms with Gasteiger partial charge in [-0.15, -0.1) is 0 Å². The molecular formula is C11H16BrNO. The van der Waals surface area contributed by atoms with Crippen LogP contribution < -0.4 is 10.5 Å². The highest BCUT2D eigenvalue weighted by molar-refractivity contribution is 9.10. The smallest absolute Gasteiger partial charge is 0.120 e. The number of halogens is 1. The Kier molecular flexibility index (Phi) is 4.42. The average Bonchev–Trinajstić information content (AvgIpc) is 2.14. The third-order valence-electron chi connectivity index (χ3n) is 2.09. The predicted molar refractivity (Wildman–Crippen MR) is 62.5 cm³/mol. The Hall–Kier alpha value is -0.540. The molecule has 0 amide bonds. The summed E-state index contributed by atoms with van der Waals surface area (Å²) in [5.41, 5.74) is 5.87. The van der Waals surface area contributed by atoms with Gasteiger partial charge in [0, 0.05) is 10.5 Å². The summed E-state index contributed by atoms with van der Waals surface area (Å²) in [4.78, 5) is 0. The van der Waals surface area contributed by atoms with E-state index in [1.807, 2.05) is 24.3 Å². The molecule has 0 radical (unpaired) electrons. The molecule has 0 aliphatic carbocycles. The van der Waals surface area contributed by atoms with Gasteiger partial charge < -0.3 is 10.5 Å². The summed E-state index contributed by atoms with van der Waals surface area (Å²) in [7, 11) is 0. The van der Waals surface area contributed by atoms with Crippen molar-refractivity contribution in [1.82, 2.24) is 0 Å². The molecule has 0 aliphatic rings. The fourth-order valence-corrected chi connectivity index (χ4v) is 1.32. The monoisotopic (exact) mass is 257 g/mol. The van der Waals surface area contributed by atoms with Crippen LogP contribution in [0.5, 0.6) is 5.75 Å². The van der Waals surface area contributed by atoms with Gasteiger partial charge in [-0.3, -0.25) is 0 Å². The van der Waals surface area contributed by atoms with Gasteiger partial charge in [0.25, 0.3) is 0 Å². The van der Waals surface area contributed by atoms with Crippen molar-refractivity contribution in [3.63, 3.8) is 0 Å². The number of hydrogen-bond donors (Lipinski definition) is 1. The largest absolute Gasteiger partial charge is 0.492 e. The molecular weight excluding hydrogens is 242 g/mol. The molecule has 0 saturated heterocycles. The van der Waals surface area contributed by atoms with Gasteiger partial charge >= 0.3 is 0 Å². The number of rotatable bonds is 4. The molecule has 1 aromatic rings. The third-order valence-corrected chi connectivity index (χ3v) is 2.59. The zero-order chi connectivity index (χ0) is 10.6. The van der Waals surface area contributed by atoms with E-state index in [0.717, 1.165) is 10.2 Å². The lowest BCUT2D eigenvalue weighted by Gasteiger charge is -2.16. The Morgan fingerprint density at radius 1 is 1.43 bits per heavy atom. The summed E-state index contributed by atoms with van der Waals surface area (Å²) in [6.45, 7) is 4.75. The van der Waals surface area contributed by atoms with Crippen molar-refractivity contribution in [1.29, 1.82) is 0 Å². The quantitative estimate of drug-likeness (QED) is 0.901. The zero-order valence-corrected chi connectivity index (χ0v) is 10.1. The molecule has 2 N–H and O–H groups in total. The van der Waals surface area contributed by atoms with Gasteiger partial charge in [0.05, 0.1) is 0 Å². The van der Waals surface area contributed by atoms with Crippen molar-refractivity contribution in [2.24, 2.45) is 11.7 Å². The average molecular weight is 258 g/mol. The molecule has 1 rings (SSSR count). The number of nitrogens with two attached hydrogens (primary N) is 1. The first-order chi connectivity index (χ1) is 6.59. The van der Waals surface area contributed by atoms with Crippen LogP contribution in [0.1, 0.15) is 13.8 Å². The maximum atomic E-state index is 5.87. The Labute approximate surface area is 93.6 Å². The van der Waals surface area contributed by atoms with Crippen LogP contribution >= 0.6 is 15.9 Å². The first kappa shape index (κ1) is 11.5. The fraction of sp³-hybridized carbons (Fsp3) is 0.455. The molecule has 1 aromatic carbocycles. The van der Waals surface area contributed by atoms with Gasteiger partial charge in [-0.05, 0) is 24.1 Å². The van der Waals surface area contributed by atoms with Gasteiger partial charge in [0.2, 0.25) is 0 Å². The first-order valence-electron chi connectivity index (χ1n) is 4.73. The summed E-state index contributed by atoms with van der Waals surface area (Å²) in [5.74, 6) is 1.30. The Balaban J connectivity index is 2.45. The van der Waals surface area contributed by atoms with Gasteiger partial charge in [-0.1, -0.05) is 35.8 Å². The third kappa shape index (κ3) is 3.68. The van der Waals surface area contributed by atoms with E-state index in [-0.39, 0.29) is 6.04 Å². The van der Waals surface area contributed by atoms with Crippen LogP contribution in [0.15, 0.2) is 28.7 Å². The second-order valence-electron chi connectivity index (χ2n) is 3.68. The van der Waals surface area contributed by atoms with Crippen molar-refractivity contribution in [2.45, 2.75) is 19.9 Å². The first-order valence-corrected chi connectivity index (χ1v) is 5.53. The molecule has 0 aromatic heterocycles. The summed E-state index contributed by atoms with van der Waals surface area (Å²) in [6, 6.07) is 7.87. The topological polar surface area (TPSA) is 35.2 Å². The predicted octanol–water partition coefficient (Wildman–Crippen LogP) is 2.81. The molecule has 1 atom stereocenters. The van der Waals surface area contributed by atoms with Gasteiger partial charge in [-0.2, -0.15) is 0 Å². The van der Waals surface area contributed by atoms with Gasteiger partial charge in [-0.25, -0.2) is 0 Å². The van der Waals surface area contributed by atoms with Gasteiger partial charge in [0.15, 0.2) is 0 Å². The van der Waals surface area contributed by atoms with Crippen LogP contribution in [-0.2, 0) is 0 Å². The molecule has 0 heterocycles. The Bertz CT molecular complexity index is 288. The minimum absolute atomic E-state index is 0.0916. The molecule has 0 spiro atoms. The molecule has 0 bridgehead atoms. The van der Waals surface area contributed by atoms with Crippen LogP contribution in [0.2, 0.25) is 0 Å². The maximum Gasteiger partial charge on any atom is 0.120 e. The van der Waals surface area contributed by atoms with Crippen molar-refractivity contribution >= 4 is 15.9 Å². The second kappa shape index (κ2) is 5.37. The van der Waals surface area contributed by atoms with E-state index in [1.165, 1.54) is 0 Å². The van der Waals surface area contributed by atoms with Crippen LogP contribution in [0.3, 0.4) is 0 Å². The fourth-order valence-electron chi connectivity index (χ4n) is 0.942. The van der Waals surface area contributed by atoms with E-state index in [1.54, 1.807) is 0 Å². The summed E-state index contributed by atoms with van der Waals surface area (Å²) in [6.07, 6.45) is 0. The van der Waals surface area contributed by atoms with Crippen LogP contribution in [-0.4, -0.2) is 12.6 Å². The maximum absolute atomic E-state index is 5.87. The van der Waals surface area contributed by atoms with Crippen molar-refractivity contribution in [3.8, 4) is 5.75 Å². The minimum Gasteiger partial charge on any atom is -0.492 e. The highest BCUT2D eigenvalue weighted by Crippen LogP contribution is 2.18. The lowest BCUT2D eigenvalue weighted by molar-refractivity contribution is 0.259. The summed E-state index contributed by atoms with van der Waals surface area (Å²) in [5, 5.41) is 0. The molecule has 0 saturated carbocycles. The van der Waals surface area contributed by atoms with Gasteiger partial charge in [0.1, 0.15) is 12.4 Å². The number of ether oxygens (including phenoxy) is 1. The minimum atomic E-state index is 0.0916. The molecule has 14 heavy (non-hydrogen) atoms. The standard InChI is InChI=1S/C11H16BrNO/c1-8(2)11(13)7-14-10-5-3-4-9(12)6-10/h3-6,8,11H,7,13H2,1-2H3. The highest BCUT2D eigenvalue weighted by atomic mass is 79.9. The van der Waals surface area contributed by atoms with E-state index >= 15 is 0 Å². The SMILES string of the molecule is CC(C)C(N)COc1cccc(Br)c1. The molecule has 3 heteroatoms. The summed E-state index contributed by atoms with van der Waals surface area (Å²) < 4.78 is 6.58. The van der Waals surface area contributed by atoms with Crippen molar-refractivity contribution in [2.75, 3.05) is 6.61 Å². The molecule has 78 valence electrons. The molecule has 0 aliphatic heterocycles. The normalized spacial score (nSPS) is 12.9. The van der Waals surface area contributed by atoms with Crippen molar-refractivity contribution < 1.29 is 4.74 Å². The summed E-state index contributed by atoms with van der Waals surface area (Å²) >= 11 is 3.39. The van der Waals surface area contributed by atoms with Crippen LogP contribution in [0, 0.1) is 5.92 Å². The van der Waals surface area contributed by atoms with E-state index < -0.39 is 0 Å². The molecule has 2 nitrogen and oxygen atoms in total. The highest BCUT2D eigenvalue weighted by Gasteiger charge is 2.07. The Morgan fingerprint density at radius 2 is 2.14 bits per heavy atom. The number of hydrogen-bond acceptors (Lipinski definition) is 2. The number of benzene rings is 1. The Morgan fingerprint density at radius 3 is 2.71 bits per heavy atom. The van der Waals surface area contributed by atoms with E-state index in [4.69, 9.17) is 10.5 Å².